The molecule has 0 saturated heterocycles. The van der Waals surface area contributed by atoms with E-state index in [0.29, 0.717) is 35.1 Å². The maximum atomic E-state index is 9.95. The smallest absolute Gasteiger partial charge is 0.142 e. The molecule has 0 bridgehead atoms. The standard InChI is InChI=1S/C37H41BrClN3O5/c1-4-37(23-43,24-44)42-20-30-15-33(39)36(16-35(30)46-21-28-14-27(17-40)18-41-19-28)47-22-29-8-5-9-31(25(29)2)32-10-6-11-34(26(32)3)45-13-7-12-38/h5-6,8-11,14-16,18-19,42-44H,4,7,12-13,20-24H2,1-3H3. The molecule has 1 aromatic heterocycles. The van der Waals surface area contributed by atoms with Gasteiger partial charge in [-0.2, -0.15) is 5.26 Å². The number of halogens is 2. The number of aromatic nitrogens is 1. The second kappa shape index (κ2) is 17.5. The molecule has 4 aromatic rings. The van der Waals surface area contributed by atoms with Crippen molar-refractivity contribution in [2.45, 2.75) is 58.9 Å². The molecule has 47 heavy (non-hydrogen) atoms. The third-order valence-corrected chi connectivity index (χ3v) is 9.16. The third-order valence-electron chi connectivity index (χ3n) is 8.31. The van der Waals surface area contributed by atoms with E-state index in [1.54, 1.807) is 24.4 Å². The molecule has 0 spiro atoms. The lowest BCUT2D eigenvalue weighted by Crippen LogP contribution is -2.50. The van der Waals surface area contributed by atoms with E-state index in [4.69, 9.17) is 25.8 Å². The van der Waals surface area contributed by atoms with E-state index in [9.17, 15) is 15.5 Å². The van der Waals surface area contributed by atoms with Crippen molar-refractivity contribution in [2.24, 2.45) is 0 Å². The van der Waals surface area contributed by atoms with Gasteiger partial charge in [0, 0.05) is 41.5 Å². The van der Waals surface area contributed by atoms with E-state index in [-0.39, 0.29) is 33.0 Å². The highest BCUT2D eigenvalue weighted by Crippen LogP contribution is 2.36. The normalized spacial score (nSPS) is 11.3. The number of aliphatic hydroxyl groups is 2. The first-order valence-electron chi connectivity index (χ1n) is 15.5. The molecule has 0 unspecified atom stereocenters. The summed E-state index contributed by atoms with van der Waals surface area (Å²) in [6, 6.07) is 19.6. The maximum absolute atomic E-state index is 9.95. The van der Waals surface area contributed by atoms with E-state index >= 15 is 0 Å². The van der Waals surface area contributed by atoms with Gasteiger partial charge in [-0.05, 0) is 72.7 Å². The average molecular weight is 723 g/mol. The maximum Gasteiger partial charge on any atom is 0.142 e. The fourth-order valence-corrected chi connectivity index (χ4v) is 5.60. The zero-order valence-corrected chi connectivity index (χ0v) is 29.3. The van der Waals surface area contributed by atoms with Crippen LogP contribution in [-0.4, -0.2) is 45.9 Å². The van der Waals surface area contributed by atoms with E-state index in [2.05, 4.69) is 58.3 Å². The molecule has 0 atom stereocenters. The zero-order valence-electron chi connectivity index (χ0n) is 27.0. The van der Waals surface area contributed by atoms with Gasteiger partial charge in [0.15, 0.2) is 0 Å². The molecule has 0 radical (unpaired) electrons. The summed E-state index contributed by atoms with van der Waals surface area (Å²) >= 11 is 10.2. The van der Waals surface area contributed by atoms with E-state index in [1.807, 2.05) is 31.2 Å². The number of nitrogens with zero attached hydrogens (tertiary/aromatic N) is 2. The molecule has 8 nitrogen and oxygen atoms in total. The first-order chi connectivity index (χ1) is 22.8. The van der Waals surface area contributed by atoms with Crippen LogP contribution in [-0.2, 0) is 19.8 Å². The number of hydrogen-bond donors (Lipinski definition) is 3. The Morgan fingerprint density at radius 3 is 2.32 bits per heavy atom. The van der Waals surface area contributed by atoms with Gasteiger partial charge in [-0.15, -0.1) is 0 Å². The number of nitriles is 1. The number of pyridine rings is 1. The Morgan fingerprint density at radius 2 is 1.62 bits per heavy atom. The molecular formula is C37H41BrClN3O5. The number of ether oxygens (including phenoxy) is 3. The van der Waals surface area contributed by atoms with Crippen molar-refractivity contribution in [1.29, 1.82) is 5.26 Å². The second-order valence-electron chi connectivity index (χ2n) is 11.4. The van der Waals surface area contributed by atoms with Gasteiger partial charge in [0.2, 0.25) is 0 Å². The predicted molar refractivity (Wildman–Crippen MR) is 188 cm³/mol. The van der Waals surface area contributed by atoms with Gasteiger partial charge in [0.1, 0.15) is 36.5 Å². The molecule has 0 aliphatic carbocycles. The number of alkyl halides is 1. The second-order valence-corrected chi connectivity index (χ2v) is 12.6. The fourth-order valence-electron chi connectivity index (χ4n) is 5.13. The van der Waals surface area contributed by atoms with E-state index in [0.717, 1.165) is 56.4 Å². The Balaban J connectivity index is 1.59. The summed E-state index contributed by atoms with van der Waals surface area (Å²) in [5.74, 6) is 1.84. The number of benzene rings is 3. The molecule has 248 valence electrons. The van der Waals surface area contributed by atoms with Crippen LogP contribution in [0.25, 0.3) is 11.1 Å². The van der Waals surface area contributed by atoms with Crippen molar-refractivity contribution < 1.29 is 24.4 Å². The van der Waals surface area contributed by atoms with Gasteiger partial charge in [-0.1, -0.05) is 64.8 Å². The quantitative estimate of drug-likeness (QED) is 0.0761. The molecule has 0 fully saturated rings. The van der Waals surface area contributed by atoms with Crippen LogP contribution >= 0.6 is 27.5 Å². The van der Waals surface area contributed by atoms with Gasteiger partial charge in [0.05, 0.1) is 35.9 Å². The molecule has 0 saturated carbocycles. The molecule has 0 aliphatic heterocycles. The number of nitrogens with one attached hydrogen (secondary N) is 1. The molecule has 1 heterocycles. The molecule has 3 aromatic carbocycles. The highest BCUT2D eigenvalue weighted by molar-refractivity contribution is 9.09. The third kappa shape index (κ3) is 9.25. The van der Waals surface area contributed by atoms with Crippen LogP contribution in [0.5, 0.6) is 17.2 Å². The first-order valence-corrected chi connectivity index (χ1v) is 17.0. The van der Waals surface area contributed by atoms with Crippen LogP contribution in [0.1, 0.15) is 53.1 Å². The van der Waals surface area contributed by atoms with Gasteiger partial charge in [-0.25, -0.2) is 0 Å². The van der Waals surface area contributed by atoms with Gasteiger partial charge in [-0.3, -0.25) is 4.98 Å². The van der Waals surface area contributed by atoms with E-state index < -0.39 is 5.54 Å². The minimum Gasteiger partial charge on any atom is -0.493 e. The Labute approximate surface area is 290 Å². The minimum atomic E-state index is -0.857. The summed E-state index contributed by atoms with van der Waals surface area (Å²) in [5, 5.41) is 33.7. The Kier molecular flexibility index (Phi) is 13.5. The lowest BCUT2D eigenvalue weighted by atomic mass is 9.93. The summed E-state index contributed by atoms with van der Waals surface area (Å²) in [6.07, 6.45) is 4.59. The zero-order chi connectivity index (χ0) is 33.8. The molecule has 0 aliphatic rings. The Morgan fingerprint density at radius 1 is 0.894 bits per heavy atom. The Bertz CT molecular complexity index is 1680. The summed E-state index contributed by atoms with van der Waals surface area (Å²) < 4.78 is 18.6. The summed E-state index contributed by atoms with van der Waals surface area (Å²) in [7, 11) is 0. The van der Waals surface area contributed by atoms with Gasteiger partial charge < -0.3 is 29.7 Å². The summed E-state index contributed by atoms with van der Waals surface area (Å²) in [5.41, 5.74) is 6.43. The SMILES string of the molecule is CCC(CO)(CO)NCc1cc(Cl)c(OCc2cccc(-c3cccc(OCCCBr)c3C)c2C)cc1OCc1cncc(C#N)c1. The van der Waals surface area contributed by atoms with Crippen molar-refractivity contribution in [3.63, 3.8) is 0 Å². The number of hydrogen-bond acceptors (Lipinski definition) is 8. The first kappa shape index (κ1) is 36.2. The highest BCUT2D eigenvalue weighted by Gasteiger charge is 2.26. The summed E-state index contributed by atoms with van der Waals surface area (Å²) in [6.45, 7) is 6.96. The topological polar surface area (TPSA) is 117 Å². The lowest BCUT2D eigenvalue weighted by Gasteiger charge is -2.30. The summed E-state index contributed by atoms with van der Waals surface area (Å²) in [4.78, 5) is 4.13. The molecular weight excluding hydrogens is 682 g/mol. The van der Waals surface area contributed by atoms with Crippen LogP contribution in [0, 0.1) is 25.2 Å². The average Bonchev–Trinajstić information content (AvgIpc) is 3.09. The number of rotatable bonds is 17. The van der Waals surface area contributed by atoms with Gasteiger partial charge in [0.25, 0.3) is 0 Å². The van der Waals surface area contributed by atoms with Gasteiger partial charge >= 0.3 is 0 Å². The van der Waals surface area contributed by atoms with Crippen molar-refractivity contribution in [3.8, 4) is 34.4 Å². The van der Waals surface area contributed by atoms with Crippen molar-refractivity contribution in [2.75, 3.05) is 25.2 Å². The molecule has 3 N–H and O–H groups in total. The molecule has 4 rings (SSSR count). The lowest BCUT2D eigenvalue weighted by molar-refractivity contribution is 0.0861. The van der Waals surface area contributed by atoms with Crippen molar-refractivity contribution in [3.05, 3.63) is 105 Å². The van der Waals surface area contributed by atoms with Crippen LogP contribution in [0.2, 0.25) is 5.02 Å². The fraction of sp³-hybridized carbons (Fsp3) is 0.351. The van der Waals surface area contributed by atoms with Crippen LogP contribution in [0.4, 0.5) is 0 Å². The van der Waals surface area contributed by atoms with Crippen LogP contribution < -0.4 is 19.5 Å². The van der Waals surface area contributed by atoms with Crippen LogP contribution in [0.15, 0.2) is 67.0 Å². The monoisotopic (exact) mass is 721 g/mol. The largest absolute Gasteiger partial charge is 0.493 e. The van der Waals surface area contributed by atoms with Crippen molar-refractivity contribution in [1.82, 2.24) is 10.3 Å². The highest BCUT2D eigenvalue weighted by atomic mass is 79.9. The predicted octanol–water partition coefficient (Wildman–Crippen LogP) is 7.44. The molecule has 10 heteroatoms. The van der Waals surface area contributed by atoms with E-state index in [1.165, 1.54) is 6.20 Å². The van der Waals surface area contributed by atoms with Crippen LogP contribution in [0.3, 0.4) is 0 Å². The molecule has 0 amide bonds. The van der Waals surface area contributed by atoms with Crippen molar-refractivity contribution >= 4 is 27.5 Å². The number of aliphatic hydroxyl groups excluding tert-OH is 2. The Hall–Kier alpha value is -3.65. The minimum absolute atomic E-state index is 0.162.